The minimum Gasteiger partial charge on any atom is -0.378 e. The van der Waals surface area contributed by atoms with Gasteiger partial charge in [0.05, 0.1) is 6.10 Å². The van der Waals surface area contributed by atoms with Crippen LogP contribution in [0.25, 0.3) is 0 Å². The first-order chi connectivity index (χ1) is 5.70. The van der Waals surface area contributed by atoms with E-state index in [9.17, 15) is 0 Å². The molecule has 12 heavy (non-hydrogen) atoms. The van der Waals surface area contributed by atoms with Gasteiger partial charge in [0.25, 0.3) is 0 Å². The molecule has 2 atom stereocenters. The molecule has 1 aliphatic heterocycles. The second-order valence-corrected chi connectivity index (χ2v) is 4.40. The molecule has 0 N–H and O–H groups in total. The summed E-state index contributed by atoms with van der Waals surface area (Å²) >= 11 is 5.93. The van der Waals surface area contributed by atoms with E-state index in [0.29, 0.717) is 6.10 Å². The highest BCUT2D eigenvalue weighted by molar-refractivity contribution is 6.18. The van der Waals surface area contributed by atoms with E-state index in [-0.39, 0.29) is 5.41 Å². The fourth-order valence-corrected chi connectivity index (χ4v) is 1.95. The molecular weight excluding hydrogens is 172 g/mol. The molecule has 0 amide bonds. The predicted octanol–water partition coefficient (Wildman–Crippen LogP) is 3.21. The third kappa shape index (κ3) is 2.63. The standard InChI is InChI=1S/C10H19ClO/c1-3-10(2,8-11)7-9-5-4-6-12-9/h9H,3-8H2,1-2H3/t9-,10?/m1/s1. The zero-order valence-corrected chi connectivity index (χ0v) is 8.86. The van der Waals surface area contributed by atoms with Crippen molar-refractivity contribution in [3.63, 3.8) is 0 Å². The largest absolute Gasteiger partial charge is 0.378 e. The normalized spacial score (nSPS) is 28.8. The van der Waals surface area contributed by atoms with Crippen LogP contribution >= 0.6 is 11.6 Å². The van der Waals surface area contributed by atoms with E-state index in [0.717, 1.165) is 25.3 Å². The van der Waals surface area contributed by atoms with Crippen LogP contribution in [-0.2, 0) is 4.74 Å². The first kappa shape index (κ1) is 10.3. The molecule has 0 saturated carbocycles. The molecule has 0 spiro atoms. The van der Waals surface area contributed by atoms with Crippen molar-refractivity contribution in [2.45, 2.75) is 45.6 Å². The van der Waals surface area contributed by atoms with Crippen LogP contribution in [0.5, 0.6) is 0 Å². The molecule has 0 aromatic carbocycles. The highest BCUT2D eigenvalue weighted by Crippen LogP contribution is 2.32. The molecule has 0 bridgehead atoms. The Hall–Kier alpha value is 0.250. The van der Waals surface area contributed by atoms with Gasteiger partial charge >= 0.3 is 0 Å². The quantitative estimate of drug-likeness (QED) is 0.619. The zero-order chi connectivity index (χ0) is 9.03. The Morgan fingerprint density at radius 1 is 1.58 bits per heavy atom. The van der Waals surface area contributed by atoms with Crippen LogP contribution in [0.4, 0.5) is 0 Å². The topological polar surface area (TPSA) is 9.23 Å². The molecule has 0 aromatic rings. The molecule has 1 nitrogen and oxygen atoms in total. The maximum absolute atomic E-state index is 5.93. The number of alkyl halides is 1. The fourth-order valence-electron chi connectivity index (χ4n) is 1.65. The summed E-state index contributed by atoms with van der Waals surface area (Å²) in [6.45, 7) is 5.41. The summed E-state index contributed by atoms with van der Waals surface area (Å²) in [5.74, 6) is 0.753. The second kappa shape index (κ2) is 4.48. The molecule has 72 valence electrons. The van der Waals surface area contributed by atoms with Crippen molar-refractivity contribution in [3.8, 4) is 0 Å². The van der Waals surface area contributed by atoms with Crippen LogP contribution in [0.1, 0.15) is 39.5 Å². The SMILES string of the molecule is CCC(C)(CCl)C[C@H]1CCCO1. The van der Waals surface area contributed by atoms with Gasteiger partial charge in [-0.05, 0) is 31.1 Å². The third-order valence-electron chi connectivity index (χ3n) is 2.92. The molecule has 1 fully saturated rings. The summed E-state index contributed by atoms with van der Waals surface area (Å²) in [7, 11) is 0. The molecule has 1 saturated heterocycles. The van der Waals surface area contributed by atoms with Crippen LogP contribution in [0.15, 0.2) is 0 Å². The van der Waals surface area contributed by atoms with Crippen LogP contribution < -0.4 is 0 Å². The Balaban J connectivity index is 2.35. The van der Waals surface area contributed by atoms with Gasteiger partial charge in [0, 0.05) is 12.5 Å². The molecule has 0 aliphatic carbocycles. The van der Waals surface area contributed by atoms with Crippen molar-refractivity contribution in [2.24, 2.45) is 5.41 Å². The highest BCUT2D eigenvalue weighted by Gasteiger charge is 2.27. The summed E-state index contributed by atoms with van der Waals surface area (Å²) in [4.78, 5) is 0. The van der Waals surface area contributed by atoms with E-state index < -0.39 is 0 Å². The molecule has 0 aromatic heterocycles. The van der Waals surface area contributed by atoms with E-state index in [2.05, 4.69) is 13.8 Å². The van der Waals surface area contributed by atoms with Gasteiger partial charge in [-0.25, -0.2) is 0 Å². The Kier molecular flexibility index (Phi) is 3.85. The first-order valence-electron chi connectivity index (χ1n) is 4.88. The Labute approximate surface area is 80.4 Å². The molecule has 2 heteroatoms. The summed E-state index contributed by atoms with van der Waals surface area (Å²) in [6, 6.07) is 0. The van der Waals surface area contributed by atoms with Crippen molar-refractivity contribution < 1.29 is 4.74 Å². The van der Waals surface area contributed by atoms with Crippen molar-refractivity contribution in [1.29, 1.82) is 0 Å². The van der Waals surface area contributed by atoms with Crippen LogP contribution in [0.3, 0.4) is 0 Å². The summed E-state index contributed by atoms with van der Waals surface area (Å²) in [5, 5.41) is 0. The number of hydrogen-bond donors (Lipinski definition) is 0. The number of halogens is 1. The lowest BCUT2D eigenvalue weighted by molar-refractivity contribution is 0.0713. The van der Waals surface area contributed by atoms with Gasteiger partial charge in [-0.15, -0.1) is 11.6 Å². The van der Waals surface area contributed by atoms with Gasteiger partial charge in [-0.2, -0.15) is 0 Å². The zero-order valence-electron chi connectivity index (χ0n) is 8.11. The minimum atomic E-state index is 0.288. The third-order valence-corrected chi connectivity index (χ3v) is 3.57. The smallest absolute Gasteiger partial charge is 0.0581 e. The van der Waals surface area contributed by atoms with Gasteiger partial charge in [0.1, 0.15) is 0 Å². The number of rotatable bonds is 4. The molecule has 0 radical (unpaired) electrons. The van der Waals surface area contributed by atoms with Gasteiger partial charge < -0.3 is 4.74 Å². The predicted molar refractivity (Wildman–Crippen MR) is 52.7 cm³/mol. The highest BCUT2D eigenvalue weighted by atomic mass is 35.5. The van der Waals surface area contributed by atoms with Crippen LogP contribution in [0.2, 0.25) is 0 Å². The second-order valence-electron chi connectivity index (χ2n) is 4.14. The molecule has 1 rings (SSSR count). The lowest BCUT2D eigenvalue weighted by Gasteiger charge is -2.28. The van der Waals surface area contributed by atoms with Crippen molar-refractivity contribution in [2.75, 3.05) is 12.5 Å². The lowest BCUT2D eigenvalue weighted by Crippen LogP contribution is -2.24. The Morgan fingerprint density at radius 3 is 2.75 bits per heavy atom. The maximum atomic E-state index is 5.93. The summed E-state index contributed by atoms with van der Waals surface area (Å²) < 4.78 is 5.59. The van der Waals surface area contributed by atoms with Crippen LogP contribution in [0, 0.1) is 5.41 Å². The Morgan fingerprint density at radius 2 is 2.33 bits per heavy atom. The molecule has 1 unspecified atom stereocenters. The molecular formula is C10H19ClO. The van der Waals surface area contributed by atoms with Crippen molar-refractivity contribution in [3.05, 3.63) is 0 Å². The van der Waals surface area contributed by atoms with Gasteiger partial charge in [0.15, 0.2) is 0 Å². The van der Waals surface area contributed by atoms with E-state index in [1.807, 2.05) is 0 Å². The van der Waals surface area contributed by atoms with Gasteiger partial charge in [-0.1, -0.05) is 13.8 Å². The first-order valence-corrected chi connectivity index (χ1v) is 5.41. The van der Waals surface area contributed by atoms with E-state index in [1.165, 1.54) is 12.8 Å². The Bertz CT molecular complexity index is 126. The van der Waals surface area contributed by atoms with E-state index in [4.69, 9.17) is 16.3 Å². The average Bonchev–Trinajstić information content (AvgIpc) is 2.57. The van der Waals surface area contributed by atoms with Gasteiger partial charge in [-0.3, -0.25) is 0 Å². The molecule has 1 aliphatic rings. The summed E-state index contributed by atoms with van der Waals surface area (Å²) in [5.41, 5.74) is 0.288. The number of hydrogen-bond acceptors (Lipinski definition) is 1. The fraction of sp³-hybridized carbons (Fsp3) is 1.00. The minimum absolute atomic E-state index is 0.288. The molecule has 1 heterocycles. The average molecular weight is 191 g/mol. The van der Waals surface area contributed by atoms with E-state index in [1.54, 1.807) is 0 Å². The summed E-state index contributed by atoms with van der Waals surface area (Å²) in [6.07, 6.45) is 5.22. The maximum Gasteiger partial charge on any atom is 0.0581 e. The van der Waals surface area contributed by atoms with E-state index >= 15 is 0 Å². The number of ether oxygens (including phenoxy) is 1. The van der Waals surface area contributed by atoms with Gasteiger partial charge in [0.2, 0.25) is 0 Å². The monoisotopic (exact) mass is 190 g/mol. The van der Waals surface area contributed by atoms with Crippen molar-refractivity contribution >= 4 is 11.6 Å². The lowest BCUT2D eigenvalue weighted by atomic mass is 9.83. The van der Waals surface area contributed by atoms with Crippen LogP contribution in [-0.4, -0.2) is 18.6 Å². The van der Waals surface area contributed by atoms with Crippen molar-refractivity contribution in [1.82, 2.24) is 0 Å².